The van der Waals surface area contributed by atoms with Crippen LogP contribution in [-0.2, 0) is 16.5 Å². The molecule has 0 aliphatic heterocycles. The van der Waals surface area contributed by atoms with Crippen molar-refractivity contribution < 1.29 is 23.1 Å². The van der Waals surface area contributed by atoms with Crippen molar-refractivity contribution in [1.29, 1.82) is 0 Å². The zero-order chi connectivity index (χ0) is 15.3. The maximum absolute atomic E-state index is 13.0. The molecule has 2 rings (SSSR count). The fourth-order valence-corrected chi connectivity index (χ4v) is 1.91. The van der Waals surface area contributed by atoms with Gasteiger partial charge in [-0.05, 0) is 19.9 Å². The third-order valence-corrected chi connectivity index (χ3v) is 3.01. The third-order valence-electron chi connectivity index (χ3n) is 2.80. The van der Waals surface area contributed by atoms with Crippen LogP contribution in [0.5, 0.6) is 0 Å². The number of pyridine rings is 1. The van der Waals surface area contributed by atoms with Crippen LogP contribution in [-0.4, -0.2) is 25.6 Å². The van der Waals surface area contributed by atoms with E-state index in [0.29, 0.717) is 4.57 Å². The maximum atomic E-state index is 13.0. The molecule has 0 aliphatic rings. The number of aliphatic carboxylic acids is 1. The van der Waals surface area contributed by atoms with Gasteiger partial charge in [-0.2, -0.15) is 13.2 Å². The molecule has 0 saturated heterocycles. The molecule has 0 radical (unpaired) electrons. The van der Waals surface area contributed by atoms with Gasteiger partial charge >= 0.3 is 12.1 Å². The first-order valence-corrected chi connectivity index (χ1v) is 5.78. The van der Waals surface area contributed by atoms with E-state index in [1.165, 1.54) is 6.07 Å². The number of fused-ring (bicyclic) bond motifs is 1. The van der Waals surface area contributed by atoms with Gasteiger partial charge in [0.2, 0.25) is 5.82 Å². The second kappa shape index (κ2) is 4.34. The van der Waals surface area contributed by atoms with Crippen LogP contribution in [0, 0.1) is 0 Å². The minimum Gasteiger partial charge on any atom is -0.480 e. The number of carboxylic acid groups (broad SMARTS) is 1. The summed E-state index contributed by atoms with van der Waals surface area (Å²) in [6, 6.07) is 1.20. The predicted molar refractivity (Wildman–Crippen MR) is 64.5 cm³/mol. The van der Waals surface area contributed by atoms with E-state index in [1.54, 1.807) is 0 Å². The number of imidazole rings is 1. The van der Waals surface area contributed by atoms with Crippen LogP contribution < -0.4 is 0 Å². The van der Waals surface area contributed by atoms with Crippen molar-refractivity contribution in [2.24, 2.45) is 0 Å². The summed E-state index contributed by atoms with van der Waals surface area (Å²) < 4.78 is 39.7. The molecule has 0 saturated carbocycles. The quantitative estimate of drug-likeness (QED) is 0.926. The molecule has 0 amide bonds. The van der Waals surface area contributed by atoms with E-state index in [1.807, 2.05) is 0 Å². The van der Waals surface area contributed by atoms with E-state index in [-0.39, 0.29) is 16.2 Å². The number of carboxylic acids is 1. The summed E-state index contributed by atoms with van der Waals surface area (Å²) in [6.07, 6.45) is -3.67. The van der Waals surface area contributed by atoms with E-state index in [2.05, 4.69) is 9.97 Å². The summed E-state index contributed by atoms with van der Waals surface area (Å²) in [4.78, 5) is 18.4. The normalized spacial score (nSPS) is 12.9. The Morgan fingerprint density at radius 3 is 2.50 bits per heavy atom. The Labute approximate surface area is 116 Å². The highest BCUT2D eigenvalue weighted by molar-refractivity contribution is 6.31. The maximum Gasteiger partial charge on any atom is 0.449 e. The summed E-state index contributed by atoms with van der Waals surface area (Å²) >= 11 is 5.66. The van der Waals surface area contributed by atoms with Crippen molar-refractivity contribution in [3.8, 4) is 0 Å². The third kappa shape index (κ3) is 2.20. The predicted octanol–water partition coefficient (Wildman–Crippen LogP) is 2.92. The van der Waals surface area contributed by atoms with E-state index in [4.69, 9.17) is 16.7 Å². The first-order chi connectivity index (χ1) is 9.05. The summed E-state index contributed by atoms with van der Waals surface area (Å²) in [5, 5.41) is 9.26. The zero-order valence-corrected chi connectivity index (χ0v) is 11.1. The Morgan fingerprint density at radius 2 is 2.00 bits per heavy atom. The number of hydrogen-bond acceptors (Lipinski definition) is 3. The van der Waals surface area contributed by atoms with Crippen molar-refractivity contribution >= 4 is 28.7 Å². The van der Waals surface area contributed by atoms with Gasteiger partial charge in [-0.1, -0.05) is 11.6 Å². The monoisotopic (exact) mass is 307 g/mol. The zero-order valence-electron chi connectivity index (χ0n) is 10.4. The lowest BCUT2D eigenvalue weighted by molar-refractivity contribution is -0.155. The van der Waals surface area contributed by atoms with Crippen molar-refractivity contribution in [2.45, 2.75) is 25.6 Å². The Bertz CT molecular complexity index is 694. The standard InChI is InChI=1S/C11H9ClF3N3O2/c1-10(2,9(19)20)18-7-6(3-5(12)4-16-7)17-8(18)11(13,14)15/h3-4H,1-2H3,(H,19,20). The molecule has 0 aliphatic carbocycles. The topological polar surface area (TPSA) is 68.0 Å². The Kier molecular flexibility index (Phi) is 3.16. The van der Waals surface area contributed by atoms with Crippen LogP contribution in [0.15, 0.2) is 12.3 Å². The molecule has 2 aromatic rings. The molecule has 20 heavy (non-hydrogen) atoms. The number of aromatic nitrogens is 3. The fourth-order valence-electron chi connectivity index (χ4n) is 1.76. The Morgan fingerprint density at radius 1 is 1.40 bits per heavy atom. The smallest absolute Gasteiger partial charge is 0.449 e. The lowest BCUT2D eigenvalue weighted by Gasteiger charge is -2.24. The first-order valence-electron chi connectivity index (χ1n) is 5.40. The molecule has 2 heterocycles. The Hall–Kier alpha value is -1.83. The molecule has 0 unspecified atom stereocenters. The molecule has 0 fully saturated rings. The second-order valence-electron chi connectivity index (χ2n) is 4.63. The van der Waals surface area contributed by atoms with E-state index in [9.17, 15) is 18.0 Å². The van der Waals surface area contributed by atoms with Crippen molar-refractivity contribution in [3.05, 3.63) is 23.1 Å². The highest BCUT2D eigenvalue weighted by Crippen LogP contribution is 2.35. The average Bonchev–Trinajstić information content (AvgIpc) is 2.67. The molecule has 9 heteroatoms. The molecule has 0 spiro atoms. The first kappa shape index (κ1) is 14.6. The van der Waals surface area contributed by atoms with Gasteiger partial charge in [-0.3, -0.25) is 4.57 Å². The van der Waals surface area contributed by atoms with Gasteiger partial charge in [0.25, 0.3) is 0 Å². The van der Waals surface area contributed by atoms with Crippen LogP contribution in [0.2, 0.25) is 5.02 Å². The van der Waals surface area contributed by atoms with Gasteiger partial charge < -0.3 is 5.11 Å². The SMILES string of the molecule is CC(C)(C(=O)O)n1c(C(F)(F)F)nc2cc(Cl)cnc21. The van der Waals surface area contributed by atoms with Crippen molar-refractivity contribution in [2.75, 3.05) is 0 Å². The molecule has 5 nitrogen and oxygen atoms in total. The average molecular weight is 308 g/mol. The number of halogens is 4. The highest BCUT2D eigenvalue weighted by Gasteiger charge is 2.44. The molecule has 0 aromatic carbocycles. The van der Waals surface area contributed by atoms with Crippen LogP contribution in [0.3, 0.4) is 0 Å². The van der Waals surface area contributed by atoms with Crippen molar-refractivity contribution in [3.63, 3.8) is 0 Å². The summed E-state index contributed by atoms with van der Waals surface area (Å²) in [5.41, 5.74) is -2.16. The van der Waals surface area contributed by atoms with Crippen LogP contribution in [0.25, 0.3) is 11.2 Å². The summed E-state index contributed by atoms with van der Waals surface area (Å²) in [5.74, 6) is -2.76. The van der Waals surface area contributed by atoms with Crippen molar-refractivity contribution in [1.82, 2.24) is 14.5 Å². The van der Waals surface area contributed by atoms with Gasteiger partial charge in [-0.15, -0.1) is 0 Å². The number of carbonyl (C=O) groups is 1. The second-order valence-corrected chi connectivity index (χ2v) is 5.07. The van der Waals surface area contributed by atoms with Crippen LogP contribution >= 0.6 is 11.6 Å². The molecule has 0 bridgehead atoms. The van der Waals surface area contributed by atoms with E-state index < -0.39 is 23.5 Å². The molecular weight excluding hydrogens is 299 g/mol. The van der Waals surface area contributed by atoms with Gasteiger partial charge in [0.15, 0.2) is 5.65 Å². The largest absolute Gasteiger partial charge is 0.480 e. The lowest BCUT2D eigenvalue weighted by atomic mass is 10.1. The minimum atomic E-state index is -4.81. The van der Waals surface area contributed by atoms with Gasteiger partial charge in [-0.25, -0.2) is 14.8 Å². The molecule has 108 valence electrons. The van der Waals surface area contributed by atoms with Gasteiger partial charge in [0.05, 0.1) is 5.02 Å². The van der Waals surface area contributed by atoms with E-state index >= 15 is 0 Å². The summed E-state index contributed by atoms with van der Waals surface area (Å²) in [6.45, 7) is 2.28. The number of hydrogen-bond donors (Lipinski definition) is 1. The van der Waals surface area contributed by atoms with E-state index in [0.717, 1.165) is 20.0 Å². The minimum absolute atomic E-state index is 0.112. The lowest BCUT2D eigenvalue weighted by Crippen LogP contribution is -2.38. The van der Waals surface area contributed by atoms with Gasteiger partial charge in [0.1, 0.15) is 11.1 Å². The number of alkyl halides is 3. The number of rotatable bonds is 2. The van der Waals surface area contributed by atoms with Crippen LogP contribution in [0.1, 0.15) is 19.7 Å². The Balaban J connectivity index is 2.89. The summed E-state index contributed by atoms with van der Waals surface area (Å²) in [7, 11) is 0. The van der Waals surface area contributed by atoms with Crippen LogP contribution in [0.4, 0.5) is 13.2 Å². The molecule has 2 aromatic heterocycles. The highest BCUT2D eigenvalue weighted by atomic mass is 35.5. The molecular formula is C11H9ClF3N3O2. The molecule has 0 atom stereocenters. The van der Waals surface area contributed by atoms with Gasteiger partial charge in [0, 0.05) is 6.20 Å². The fraction of sp³-hybridized carbons (Fsp3) is 0.364. The molecule has 1 N–H and O–H groups in total. The number of nitrogens with zero attached hydrogens (tertiary/aromatic N) is 3.